The van der Waals surface area contributed by atoms with Crippen LogP contribution in [0.25, 0.3) is 10.8 Å². The number of aryl methyl sites for hydroxylation is 1. The Labute approximate surface area is 110 Å². The fourth-order valence-corrected chi connectivity index (χ4v) is 2.28. The summed E-state index contributed by atoms with van der Waals surface area (Å²) in [5, 5.41) is 1.89. The Bertz CT molecular complexity index is 738. The van der Waals surface area contributed by atoms with Gasteiger partial charge in [0.05, 0.1) is 11.8 Å². The fraction of sp³-hybridized carbons (Fsp3) is 0.125. The minimum absolute atomic E-state index is 0.00222. The Hall–Kier alpha value is -2.42. The number of ketones is 1. The number of hydrogen-bond donors (Lipinski definition) is 0. The Balaban J connectivity index is 2.17. The van der Waals surface area contributed by atoms with Gasteiger partial charge in [-0.15, -0.1) is 0 Å². The monoisotopic (exact) mass is 251 g/mol. The first kappa shape index (κ1) is 11.7. The van der Waals surface area contributed by atoms with Crippen LogP contribution in [-0.4, -0.2) is 10.8 Å². The first-order valence-corrected chi connectivity index (χ1v) is 6.25. The topological polar surface area (TPSA) is 43.1 Å². The molecule has 3 nitrogen and oxygen atoms in total. The van der Waals surface area contributed by atoms with Gasteiger partial charge < -0.3 is 4.42 Å². The number of hydrogen-bond acceptors (Lipinski definition) is 3. The van der Waals surface area contributed by atoms with Gasteiger partial charge in [-0.3, -0.25) is 9.78 Å². The van der Waals surface area contributed by atoms with Crippen molar-refractivity contribution in [2.24, 2.45) is 0 Å². The van der Waals surface area contributed by atoms with E-state index in [2.05, 4.69) is 4.98 Å². The molecule has 0 N–H and O–H groups in total. The first-order chi connectivity index (χ1) is 9.31. The third-order valence-electron chi connectivity index (χ3n) is 3.24. The van der Waals surface area contributed by atoms with Crippen molar-refractivity contribution in [3.63, 3.8) is 0 Å². The number of aromatic nitrogens is 1. The molecule has 19 heavy (non-hydrogen) atoms. The average molecular weight is 251 g/mol. The largest absolute Gasteiger partial charge is 0.469 e. The molecule has 0 amide bonds. The van der Waals surface area contributed by atoms with Crippen LogP contribution in [0, 0.1) is 0 Å². The van der Waals surface area contributed by atoms with E-state index in [4.69, 9.17) is 4.42 Å². The summed E-state index contributed by atoms with van der Waals surface area (Å²) >= 11 is 0. The maximum absolute atomic E-state index is 12.6. The van der Waals surface area contributed by atoms with Crippen molar-refractivity contribution in [3.8, 4) is 0 Å². The summed E-state index contributed by atoms with van der Waals surface area (Å²) in [5.41, 5.74) is 1.34. The van der Waals surface area contributed by atoms with Gasteiger partial charge in [0.2, 0.25) is 0 Å². The lowest BCUT2D eigenvalue weighted by Gasteiger charge is -2.05. The van der Waals surface area contributed by atoms with Gasteiger partial charge in [0.1, 0.15) is 5.76 Å². The van der Waals surface area contributed by atoms with E-state index in [1.54, 1.807) is 24.7 Å². The lowest BCUT2D eigenvalue weighted by Crippen LogP contribution is -2.03. The third kappa shape index (κ3) is 1.93. The summed E-state index contributed by atoms with van der Waals surface area (Å²) in [6.45, 7) is 1.97. The Morgan fingerprint density at radius 1 is 1.21 bits per heavy atom. The van der Waals surface area contributed by atoms with Gasteiger partial charge in [-0.25, -0.2) is 0 Å². The van der Waals surface area contributed by atoms with Crippen LogP contribution < -0.4 is 0 Å². The molecule has 0 spiro atoms. The molecule has 0 saturated carbocycles. The number of carbonyl (C=O) groups excluding carboxylic acids is 1. The molecule has 0 aliphatic carbocycles. The van der Waals surface area contributed by atoms with E-state index in [0.717, 1.165) is 16.5 Å². The van der Waals surface area contributed by atoms with Crippen LogP contribution in [0.4, 0.5) is 0 Å². The predicted molar refractivity (Wildman–Crippen MR) is 73.3 cm³/mol. The Morgan fingerprint density at radius 3 is 2.95 bits per heavy atom. The quantitative estimate of drug-likeness (QED) is 0.668. The van der Waals surface area contributed by atoms with E-state index >= 15 is 0 Å². The second-order valence-electron chi connectivity index (χ2n) is 4.34. The van der Waals surface area contributed by atoms with Gasteiger partial charge >= 0.3 is 0 Å². The second kappa shape index (κ2) is 4.69. The number of benzene rings is 1. The first-order valence-electron chi connectivity index (χ1n) is 6.25. The molecule has 2 aromatic heterocycles. The molecule has 1 aromatic carbocycles. The van der Waals surface area contributed by atoms with Gasteiger partial charge in [-0.05, 0) is 17.5 Å². The van der Waals surface area contributed by atoms with E-state index < -0.39 is 0 Å². The molecule has 0 atom stereocenters. The highest BCUT2D eigenvalue weighted by Gasteiger charge is 2.17. The van der Waals surface area contributed by atoms with Crippen LogP contribution in [0.5, 0.6) is 0 Å². The number of nitrogens with zero attached hydrogens (tertiary/aromatic N) is 1. The molecule has 3 rings (SSSR count). The van der Waals surface area contributed by atoms with Gasteiger partial charge in [-0.1, -0.05) is 25.1 Å². The van der Waals surface area contributed by atoms with Gasteiger partial charge in [0.25, 0.3) is 0 Å². The molecule has 0 fully saturated rings. The normalized spacial score (nSPS) is 10.8. The van der Waals surface area contributed by atoms with Crippen LogP contribution in [-0.2, 0) is 6.42 Å². The van der Waals surface area contributed by atoms with Crippen LogP contribution >= 0.6 is 0 Å². The lowest BCUT2D eigenvalue weighted by atomic mass is 9.98. The molecule has 3 aromatic rings. The van der Waals surface area contributed by atoms with Crippen molar-refractivity contribution >= 4 is 16.6 Å². The van der Waals surface area contributed by atoms with Crippen molar-refractivity contribution in [3.05, 3.63) is 65.9 Å². The zero-order valence-corrected chi connectivity index (χ0v) is 10.6. The summed E-state index contributed by atoms with van der Waals surface area (Å²) < 4.78 is 5.34. The third-order valence-corrected chi connectivity index (χ3v) is 3.24. The summed E-state index contributed by atoms with van der Waals surface area (Å²) in [7, 11) is 0. The molecule has 0 saturated heterocycles. The Kier molecular flexibility index (Phi) is 2.88. The molecular formula is C16H13NO2. The fourth-order valence-electron chi connectivity index (χ4n) is 2.28. The van der Waals surface area contributed by atoms with Gasteiger partial charge in [0.15, 0.2) is 5.78 Å². The molecule has 0 aliphatic heterocycles. The van der Waals surface area contributed by atoms with Crippen molar-refractivity contribution in [1.29, 1.82) is 0 Å². The van der Waals surface area contributed by atoms with Gasteiger partial charge in [-0.2, -0.15) is 0 Å². The molecule has 0 aliphatic rings. The van der Waals surface area contributed by atoms with Gasteiger partial charge in [0, 0.05) is 29.8 Å². The maximum Gasteiger partial charge on any atom is 0.197 e. The van der Waals surface area contributed by atoms with E-state index in [1.165, 1.54) is 0 Å². The second-order valence-corrected chi connectivity index (χ2v) is 4.34. The molecule has 2 heterocycles. The summed E-state index contributed by atoms with van der Waals surface area (Å²) in [6, 6.07) is 9.28. The zero-order valence-electron chi connectivity index (χ0n) is 10.6. The number of rotatable bonds is 3. The lowest BCUT2D eigenvalue weighted by molar-refractivity contribution is 0.103. The molecular weight excluding hydrogens is 238 g/mol. The highest BCUT2D eigenvalue weighted by Crippen LogP contribution is 2.23. The van der Waals surface area contributed by atoms with Crippen LogP contribution in [0.2, 0.25) is 0 Å². The maximum atomic E-state index is 12.6. The number of pyridine rings is 1. The molecule has 0 unspecified atom stereocenters. The highest BCUT2D eigenvalue weighted by atomic mass is 16.3. The summed E-state index contributed by atoms with van der Waals surface area (Å²) in [6.07, 6.45) is 5.75. The van der Waals surface area contributed by atoms with E-state index in [9.17, 15) is 4.79 Å². The standard InChI is InChI=1S/C16H13NO2/c1-2-15-14(7-9-19-15)16(18)13-5-3-4-11-10-17-8-6-12(11)13/h3-10H,2H2,1H3. The summed E-state index contributed by atoms with van der Waals surface area (Å²) in [4.78, 5) is 16.7. The summed E-state index contributed by atoms with van der Waals surface area (Å²) in [5.74, 6) is 0.735. The van der Waals surface area contributed by atoms with Crippen LogP contribution in [0.15, 0.2) is 53.4 Å². The van der Waals surface area contributed by atoms with Crippen molar-refractivity contribution in [2.75, 3.05) is 0 Å². The Morgan fingerprint density at radius 2 is 2.11 bits per heavy atom. The van der Waals surface area contributed by atoms with E-state index in [-0.39, 0.29) is 5.78 Å². The average Bonchev–Trinajstić information content (AvgIpc) is 2.94. The zero-order chi connectivity index (χ0) is 13.2. The van der Waals surface area contributed by atoms with Crippen LogP contribution in [0.1, 0.15) is 28.6 Å². The van der Waals surface area contributed by atoms with Crippen molar-refractivity contribution in [1.82, 2.24) is 4.98 Å². The predicted octanol–water partition coefficient (Wildman–Crippen LogP) is 3.62. The smallest absolute Gasteiger partial charge is 0.197 e. The number of carbonyl (C=O) groups is 1. The van der Waals surface area contributed by atoms with E-state index in [0.29, 0.717) is 17.5 Å². The van der Waals surface area contributed by atoms with Crippen LogP contribution in [0.3, 0.4) is 0 Å². The molecule has 0 bridgehead atoms. The number of furan rings is 1. The highest BCUT2D eigenvalue weighted by molar-refractivity contribution is 6.16. The minimum Gasteiger partial charge on any atom is -0.469 e. The molecule has 3 heteroatoms. The van der Waals surface area contributed by atoms with Crippen molar-refractivity contribution in [2.45, 2.75) is 13.3 Å². The van der Waals surface area contributed by atoms with E-state index in [1.807, 2.05) is 31.2 Å². The minimum atomic E-state index is 0.00222. The molecule has 0 radical (unpaired) electrons. The SMILES string of the molecule is CCc1occc1C(=O)c1cccc2cnccc12. The van der Waals surface area contributed by atoms with Crippen molar-refractivity contribution < 1.29 is 9.21 Å². The molecule has 94 valence electrons. The number of fused-ring (bicyclic) bond motifs is 1.